The number of aliphatic carboxylic acids is 1. The van der Waals surface area contributed by atoms with Crippen LogP contribution in [0.4, 0.5) is 4.39 Å². The minimum Gasteiger partial charge on any atom is -0.479 e. The molecule has 0 bridgehead atoms. The normalized spacial score (nSPS) is 13.7. The smallest absolute Gasteiger partial charge is 0.335 e. The van der Waals surface area contributed by atoms with Gasteiger partial charge in [0.2, 0.25) is 0 Å². The molecule has 0 radical (unpaired) electrons. The molecule has 0 heterocycles. The van der Waals surface area contributed by atoms with Crippen LogP contribution >= 0.6 is 0 Å². The molecular formula is C22H25FO4. The number of carboxylic acids is 1. The zero-order valence-corrected chi connectivity index (χ0v) is 15.7. The van der Waals surface area contributed by atoms with Gasteiger partial charge in [0.25, 0.3) is 0 Å². The quantitative estimate of drug-likeness (QED) is 0.686. The molecule has 0 saturated carbocycles. The minimum absolute atomic E-state index is 0.139. The molecule has 27 heavy (non-hydrogen) atoms. The summed E-state index contributed by atoms with van der Waals surface area (Å²) in [6, 6.07) is 9.12. The number of rotatable bonds is 7. The highest BCUT2D eigenvalue weighted by atomic mass is 19.1. The maximum Gasteiger partial charge on any atom is 0.335 e. The van der Waals surface area contributed by atoms with Crippen LogP contribution in [-0.2, 0) is 4.79 Å². The molecule has 2 rings (SSSR count). The van der Waals surface area contributed by atoms with E-state index in [1.165, 1.54) is 6.07 Å². The lowest BCUT2D eigenvalue weighted by Gasteiger charge is -2.14. The average Bonchev–Trinajstić information content (AvgIpc) is 2.61. The van der Waals surface area contributed by atoms with Gasteiger partial charge in [-0.25, -0.2) is 9.18 Å². The highest BCUT2D eigenvalue weighted by Gasteiger charge is 2.22. The largest absolute Gasteiger partial charge is 0.479 e. The lowest BCUT2D eigenvalue weighted by atomic mass is 9.92. The van der Waals surface area contributed by atoms with Crippen molar-refractivity contribution in [2.75, 3.05) is 0 Å². The summed E-state index contributed by atoms with van der Waals surface area (Å²) in [5, 5.41) is 27.7. The fraction of sp³-hybridized carbons (Fsp3) is 0.318. The topological polar surface area (TPSA) is 77.8 Å². The summed E-state index contributed by atoms with van der Waals surface area (Å²) in [5.41, 5.74) is 5.63. The summed E-state index contributed by atoms with van der Waals surface area (Å²) in [6.45, 7) is 5.73. The van der Waals surface area contributed by atoms with Crippen molar-refractivity contribution >= 4 is 12.0 Å². The molecule has 0 aliphatic heterocycles. The van der Waals surface area contributed by atoms with Gasteiger partial charge < -0.3 is 15.3 Å². The van der Waals surface area contributed by atoms with E-state index in [0.717, 1.165) is 27.8 Å². The Hall–Kier alpha value is -2.50. The molecule has 3 N–H and O–H groups in total. The number of allylic oxidation sites excluding steroid dienone is 1. The molecule has 0 fully saturated rings. The summed E-state index contributed by atoms with van der Waals surface area (Å²) < 4.78 is 13.6. The Kier molecular flexibility index (Phi) is 6.88. The number of aliphatic hydroxyl groups is 2. The minimum atomic E-state index is -1.78. The monoisotopic (exact) mass is 372 g/mol. The zero-order valence-electron chi connectivity index (χ0n) is 15.7. The SMILES string of the molecule is Cc1cc(C)c(C=CCCC(O)C(O)C(=O)O)c(-c2ccc(F)c(C)c2)c1. The Morgan fingerprint density at radius 2 is 1.81 bits per heavy atom. The molecule has 144 valence electrons. The molecule has 2 unspecified atom stereocenters. The van der Waals surface area contributed by atoms with E-state index in [9.17, 15) is 19.4 Å². The van der Waals surface area contributed by atoms with Crippen molar-refractivity contribution in [3.8, 4) is 11.1 Å². The van der Waals surface area contributed by atoms with Crippen LogP contribution in [0.1, 0.15) is 35.1 Å². The lowest BCUT2D eigenvalue weighted by molar-refractivity contribution is -0.152. The summed E-state index contributed by atoms with van der Waals surface area (Å²) in [4.78, 5) is 10.7. The maximum absolute atomic E-state index is 13.6. The molecule has 0 spiro atoms. The number of hydrogen-bond donors (Lipinski definition) is 3. The first-order valence-corrected chi connectivity index (χ1v) is 8.84. The Bertz CT molecular complexity index is 858. The first kappa shape index (κ1) is 20.8. The van der Waals surface area contributed by atoms with Crippen molar-refractivity contribution in [1.82, 2.24) is 0 Å². The van der Waals surface area contributed by atoms with E-state index in [-0.39, 0.29) is 12.2 Å². The van der Waals surface area contributed by atoms with Crippen LogP contribution in [0, 0.1) is 26.6 Å². The third-order valence-corrected chi connectivity index (χ3v) is 4.53. The highest BCUT2D eigenvalue weighted by Crippen LogP contribution is 2.30. The van der Waals surface area contributed by atoms with E-state index in [4.69, 9.17) is 5.11 Å². The highest BCUT2D eigenvalue weighted by molar-refractivity contribution is 5.78. The van der Waals surface area contributed by atoms with Gasteiger partial charge in [0.1, 0.15) is 5.82 Å². The van der Waals surface area contributed by atoms with Crippen LogP contribution in [0.25, 0.3) is 17.2 Å². The second kappa shape index (κ2) is 8.93. The van der Waals surface area contributed by atoms with Gasteiger partial charge in [0.15, 0.2) is 6.10 Å². The van der Waals surface area contributed by atoms with Gasteiger partial charge in [-0.3, -0.25) is 0 Å². The molecule has 2 aromatic carbocycles. The maximum atomic E-state index is 13.6. The van der Waals surface area contributed by atoms with Gasteiger partial charge in [-0.1, -0.05) is 35.9 Å². The van der Waals surface area contributed by atoms with E-state index in [2.05, 4.69) is 6.07 Å². The van der Waals surface area contributed by atoms with Crippen LogP contribution in [-0.4, -0.2) is 33.5 Å². The fourth-order valence-electron chi connectivity index (χ4n) is 3.04. The fourth-order valence-corrected chi connectivity index (χ4v) is 3.04. The molecule has 0 saturated heterocycles. The molecule has 0 aromatic heterocycles. The number of aryl methyl sites for hydroxylation is 3. The molecule has 5 heteroatoms. The van der Waals surface area contributed by atoms with Gasteiger partial charge in [0, 0.05) is 0 Å². The molecular weight excluding hydrogens is 347 g/mol. The van der Waals surface area contributed by atoms with Crippen molar-refractivity contribution in [2.45, 2.75) is 45.8 Å². The van der Waals surface area contributed by atoms with Crippen molar-refractivity contribution in [1.29, 1.82) is 0 Å². The van der Waals surface area contributed by atoms with E-state index in [1.807, 2.05) is 38.1 Å². The first-order chi connectivity index (χ1) is 12.7. The van der Waals surface area contributed by atoms with Crippen LogP contribution in [0.5, 0.6) is 0 Å². The third kappa shape index (κ3) is 5.25. The number of halogens is 1. The first-order valence-electron chi connectivity index (χ1n) is 8.84. The predicted octanol–water partition coefficient (Wildman–Crippen LogP) is 4.02. The Morgan fingerprint density at radius 1 is 1.11 bits per heavy atom. The Morgan fingerprint density at radius 3 is 2.44 bits per heavy atom. The average molecular weight is 372 g/mol. The molecule has 0 aliphatic rings. The number of hydrogen-bond acceptors (Lipinski definition) is 3. The number of carbonyl (C=O) groups is 1. The van der Waals surface area contributed by atoms with Crippen LogP contribution in [0.2, 0.25) is 0 Å². The van der Waals surface area contributed by atoms with E-state index >= 15 is 0 Å². The van der Waals surface area contributed by atoms with E-state index in [0.29, 0.717) is 12.0 Å². The molecule has 2 atom stereocenters. The molecule has 0 amide bonds. The van der Waals surface area contributed by atoms with Crippen LogP contribution in [0.3, 0.4) is 0 Å². The summed E-state index contributed by atoms with van der Waals surface area (Å²) in [7, 11) is 0. The summed E-state index contributed by atoms with van der Waals surface area (Å²) in [5.74, 6) is -1.68. The van der Waals surface area contributed by atoms with Gasteiger partial charge in [-0.05, 0) is 73.6 Å². The van der Waals surface area contributed by atoms with Gasteiger partial charge in [-0.15, -0.1) is 0 Å². The van der Waals surface area contributed by atoms with Crippen LogP contribution in [0.15, 0.2) is 36.4 Å². The van der Waals surface area contributed by atoms with Crippen molar-refractivity contribution in [3.63, 3.8) is 0 Å². The van der Waals surface area contributed by atoms with E-state index in [1.54, 1.807) is 13.0 Å². The third-order valence-electron chi connectivity index (χ3n) is 4.53. The van der Waals surface area contributed by atoms with Crippen LogP contribution < -0.4 is 0 Å². The molecule has 0 aliphatic carbocycles. The molecule has 4 nitrogen and oxygen atoms in total. The van der Waals surface area contributed by atoms with Gasteiger partial charge in [0.05, 0.1) is 6.10 Å². The number of aliphatic hydroxyl groups excluding tert-OH is 2. The summed E-state index contributed by atoms with van der Waals surface area (Å²) in [6.07, 6.45) is 1.22. The summed E-state index contributed by atoms with van der Waals surface area (Å²) >= 11 is 0. The van der Waals surface area contributed by atoms with Crippen molar-refractivity contribution < 1.29 is 24.5 Å². The van der Waals surface area contributed by atoms with Crippen molar-refractivity contribution in [3.05, 3.63) is 64.5 Å². The lowest BCUT2D eigenvalue weighted by Crippen LogP contribution is -2.33. The zero-order chi connectivity index (χ0) is 20.1. The predicted molar refractivity (Wildman–Crippen MR) is 104 cm³/mol. The van der Waals surface area contributed by atoms with E-state index < -0.39 is 18.2 Å². The Labute approximate surface area is 158 Å². The van der Waals surface area contributed by atoms with Gasteiger partial charge in [-0.2, -0.15) is 0 Å². The second-order valence-electron chi connectivity index (χ2n) is 6.84. The second-order valence-corrected chi connectivity index (χ2v) is 6.84. The van der Waals surface area contributed by atoms with Crippen molar-refractivity contribution in [2.24, 2.45) is 0 Å². The van der Waals surface area contributed by atoms with Gasteiger partial charge >= 0.3 is 5.97 Å². The standard InChI is InChI=1S/C22H25FO4/c1-13-10-14(2)17(6-4-5-7-20(24)21(25)22(26)27)18(11-13)16-8-9-19(23)15(3)12-16/h4,6,8-12,20-21,24-25H,5,7H2,1-3H3,(H,26,27). The number of benzene rings is 2. The number of carboxylic acid groups (broad SMARTS) is 1. The Balaban J connectivity index is 2.26. The molecule has 2 aromatic rings.